The van der Waals surface area contributed by atoms with E-state index in [1.807, 2.05) is 7.05 Å². The monoisotopic (exact) mass is 169 g/mol. The summed E-state index contributed by atoms with van der Waals surface area (Å²) in [7, 11) is 1.81. The van der Waals surface area contributed by atoms with Crippen LogP contribution in [0.15, 0.2) is 6.07 Å². The highest BCUT2D eigenvalue weighted by Crippen LogP contribution is 2.13. The molecule has 1 aromatic rings. The Morgan fingerprint density at radius 2 is 2.33 bits per heavy atom. The van der Waals surface area contributed by atoms with Crippen molar-refractivity contribution in [3.05, 3.63) is 6.07 Å². The van der Waals surface area contributed by atoms with Crippen LogP contribution in [-0.4, -0.2) is 16.4 Å². The molecule has 1 rings (SSSR count). The number of nitrogens with zero attached hydrogens (tertiary/aromatic N) is 2. The summed E-state index contributed by atoms with van der Waals surface area (Å²) in [5.74, 6) is 1.73. The number of rotatable bonds is 3. The van der Waals surface area contributed by atoms with E-state index in [1.54, 1.807) is 10.7 Å². The van der Waals surface area contributed by atoms with Crippen LogP contribution in [0.1, 0.15) is 13.8 Å². The zero-order chi connectivity index (χ0) is 9.14. The largest absolute Gasteiger partial charge is 0.478 e. The van der Waals surface area contributed by atoms with Gasteiger partial charge in [-0.25, -0.2) is 4.68 Å². The molecule has 2 N–H and O–H groups in total. The maximum Gasteiger partial charge on any atom is 0.213 e. The van der Waals surface area contributed by atoms with Gasteiger partial charge in [-0.1, -0.05) is 13.8 Å². The van der Waals surface area contributed by atoms with E-state index >= 15 is 0 Å². The second-order valence-electron chi connectivity index (χ2n) is 3.24. The van der Waals surface area contributed by atoms with Crippen molar-refractivity contribution in [3.8, 4) is 5.88 Å². The van der Waals surface area contributed by atoms with Crippen LogP contribution in [0.4, 0.5) is 5.82 Å². The molecule has 0 aliphatic carbocycles. The highest BCUT2D eigenvalue weighted by molar-refractivity contribution is 5.32. The molecule has 0 bridgehead atoms. The molecule has 4 nitrogen and oxygen atoms in total. The Balaban J connectivity index is 2.57. The van der Waals surface area contributed by atoms with Crippen LogP contribution >= 0.6 is 0 Å². The first-order valence-electron chi connectivity index (χ1n) is 4.02. The van der Waals surface area contributed by atoms with E-state index in [9.17, 15) is 0 Å². The van der Waals surface area contributed by atoms with E-state index < -0.39 is 0 Å². The smallest absolute Gasteiger partial charge is 0.213 e. The molecular weight excluding hydrogens is 154 g/mol. The first-order chi connectivity index (χ1) is 5.59. The summed E-state index contributed by atoms with van der Waals surface area (Å²) in [6, 6.07) is 1.72. The normalized spacial score (nSPS) is 10.7. The Morgan fingerprint density at radius 1 is 1.67 bits per heavy atom. The Kier molecular flexibility index (Phi) is 2.58. The molecule has 0 radical (unpaired) electrons. The third-order valence-corrected chi connectivity index (χ3v) is 1.42. The molecule has 0 saturated carbocycles. The van der Waals surface area contributed by atoms with Crippen LogP contribution < -0.4 is 10.5 Å². The topological polar surface area (TPSA) is 53.1 Å². The zero-order valence-corrected chi connectivity index (χ0v) is 7.74. The molecule has 1 heterocycles. The third kappa shape index (κ3) is 2.15. The number of ether oxygens (including phenoxy) is 1. The summed E-state index contributed by atoms with van der Waals surface area (Å²) in [6.07, 6.45) is 0. The molecule has 4 heteroatoms. The molecule has 0 aromatic carbocycles. The van der Waals surface area contributed by atoms with Gasteiger partial charge in [-0.3, -0.25) is 0 Å². The van der Waals surface area contributed by atoms with Gasteiger partial charge in [0.25, 0.3) is 0 Å². The fraction of sp³-hybridized carbons (Fsp3) is 0.625. The molecular formula is C8H15N3O. The van der Waals surface area contributed by atoms with Gasteiger partial charge in [0.15, 0.2) is 0 Å². The minimum Gasteiger partial charge on any atom is -0.478 e. The van der Waals surface area contributed by atoms with E-state index in [-0.39, 0.29) is 0 Å². The van der Waals surface area contributed by atoms with Gasteiger partial charge in [0.1, 0.15) is 5.82 Å². The Bertz CT molecular complexity index is 255. The van der Waals surface area contributed by atoms with Gasteiger partial charge in [0, 0.05) is 13.1 Å². The zero-order valence-electron chi connectivity index (χ0n) is 7.74. The van der Waals surface area contributed by atoms with Crippen LogP contribution in [-0.2, 0) is 7.05 Å². The molecule has 0 aliphatic heterocycles. The van der Waals surface area contributed by atoms with Gasteiger partial charge >= 0.3 is 0 Å². The van der Waals surface area contributed by atoms with E-state index in [4.69, 9.17) is 10.5 Å². The third-order valence-electron chi connectivity index (χ3n) is 1.42. The minimum atomic E-state index is 0.497. The van der Waals surface area contributed by atoms with Crippen molar-refractivity contribution in [1.29, 1.82) is 0 Å². The predicted molar refractivity (Wildman–Crippen MR) is 48.0 cm³/mol. The molecule has 68 valence electrons. The number of hydrogen-bond acceptors (Lipinski definition) is 3. The van der Waals surface area contributed by atoms with E-state index in [2.05, 4.69) is 18.9 Å². The molecule has 1 aromatic heterocycles. The maximum absolute atomic E-state index is 5.47. The molecule has 0 spiro atoms. The number of nitrogen functional groups attached to an aromatic ring is 1. The predicted octanol–water partition coefficient (Wildman–Crippen LogP) is 1.04. The lowest BCUT2D eigenvalue weighted by molar-refractivity contribution is 0.250. The molecule has 0 atom stereocenters. The summed E-state index contributed by atoms with van der Waals surface area (Å²) in [4.78, 5) is 0. The van der Waals surface area contributed by atoms with E-state index in [0.29, 0.717) is 18.3 Å². The second-order valence-corrected chi connectivity index (χ2v) is 3.24. The lowest BCUT2D eigenvalue weighted by Gasteiger charge is -2.07. The fourth-order valence-electron chi connectivity index (χ4n) is 0.858. The van der Waals surface area contributed by atoms with Crippen LogP contribution in [0.25, 0.3) is 0 Å². The summed E-state index contributed by atoms with van der Waals surface area (Å²) in [5.41, 5.74) is 5.47. The van der Waals surface area contributed by atoms with Crippen LogP contribution in [0.3, 0.4) is 0 Å². The number of aryl methyl sites for hydroxylation is 1. The lowest BCUT2D eigenvalue weighted by Crippen LogP contribution is -2.07. The minimum absolute atomic E-state index is 0.497. The van der Waals surface area contributed by atoms with Crippen molar-refractivity contribution >= 4 is 5.82 Å². The van der Waals surface area contributed by atoms with Gasteiger partial charge in [-0.2, -0.15) is 5.10 Å². The number of nitrogens with two attached hydrogens (primary N) is 1. The van der Waals surface area contributed by atoms with Crippen molar-refractivity contribution < 1.29 is 4.74 Å². The molecule has 0 amide bonds. The van der Waals surface area contributed by atoms with Gasteiger partial charge in [0.05, 0.1) is 6.61 Å². The highest BCUT2D eigenvalue weighted by atomic mass is 16.5. The van der Waals surface area contributed by atoms with E-state index in [1.165, 1.54) is 0 Å². The fourth-order valence-corrected chi connectivity index (χ4v) is 0.858. The first kappa shape index (κ1) is 8.90. The van der Waals surface area contributed by atoms with Crippen molar-refractivity contribution in [2.75, 3.05) is 12.3 Å². The summed E-state index contributed by atoms with van der Waals surface area (Å²) in [6.45, 7) is 4.89. The molecule has 0 aliphatic rings. The maximum atomic E-state index is 5.47. The highest BCUT2D eigenvalue weighted by Gasteiger charge is 2.03. The average molecular weight is 169 g/mol. The first-order valence-corrected chi connectivity index (χ1v) is 4.02. The SMILES string of the molecule is CC(C)COc1cc(N)nn1C. The standard InChI is InChI=1S/C8H15N3O/c1-6(2)5-12-8-4-7(9)10-11(8)3/h4,6H,5H2,1-3H3,(H2,9,10). The number of anilines is 1. The van der Waals surface area contributed by atoms with Crippen molar-refractivity contribution in [2.45, 2.75) is 13.8 Å². The van der Waals surface area contributed by atoms with Crippen LogP contribution in [0, 0.1) is 5.92 Å². The van der Waals surface area contributed by atoms with Crippen molar-refractivity contribution in [1.82, 2.24) is 9.78 Å². The summed E-state index contributed by atoms with van der Waals surface area (Å²) < 4.78 is 7.08. The summed E-state index contributed by atoms with van der Waals surface area (Å²) >= 11 is 0. The lowest BCUT2D eigenvalue weighted by atomic mass is 10.2. The quantitative estimate of drug-likeness (QED) is 0.735. The van der Waals surface area contributed by atoms with Crippen LogP contribution in [0.2, 0.25) is 0 Å². The Hall–Kier alpha value is -1.19. The van der Waals surface area contributed by atoms with Gasteiger partial charge in [-0.05, 0) is 5.92 Å². The van der Waals surface area contributed by atoms with Crippen LogP contribution in [0.5, 0.6) is 5.88 Å². The molecule has 0 unspecified atom stereocenters. The Morgan fingerprint density at radius 3 is 2.75 bits per heavy atom. The van der Waals surface area contributed by atoms with Crippen molar-refractivity contribution in [2.24, 2.45) is 13.0 Å². The second kappa shape index (κ2) is 3.47. The number of hydrogen-bond donors (Lipinski definition) is 1. The molecule has 12 heavy (non-hydrogen) atoms. The Labute approximate surface area is 72.3 Å². The van der Waals surface area contributed by atoms with Crippen molar-refractivity contribution in [3.63, 3.8) is 0 Å². The van der Waals surface area contributed by atoms with Gasteiger partial charge in [-0.15, -0.1) is 0 Å². The van der Waals surface area contributed by atoms with Gasteiger partial charge in [0.2, 0.25) is 5.88 Å². The summed E-state index contributed by atoms with van der Waals surface area (Å²) in [5, 5.41) is 3.96. The van der Waals surface area contributed by atoms with Gasteiger partial charge < -0.3 is 10.5 Å². The average Bonchev–Trinajstić information content (AvgIpc) is 2.26. The molecule has 0 saturated heterocycles. The molecule has 0 fully saturated rings. The number of aromatic nitrogens is 2. The van der Waals surface area contributed by atoms with E-state index in [0.717, 1.165) is 5.88 Å².